The van der Waals surface area contributed by atoms with Crippen molar-refractivity contribution in [2.75, 3.05) is 14.1 Å². The van der Waals surface area contributed by atoms with Crippen molar-refractivity contribution in [2.45, 2.75) is 11.4 Å². The minimum Gasteiger partial charge on any atom is -0.695 e. The predicted molar refractivity (Wildman–Crippen MR) is 83.1 cm³/mol. The maximum absolute atomic E-state index is 5.82. The van der Waals surface area contributed by atoms with Gasteiger partial charge < -0.3 is 12.6 Å². The smallest absolute Gasteiger partial charge is 0.205 e. The van der Waals surface area contributed by atoms with Crippen LogP contribution in [-0.2, 0) is 12.6 Å². The average Bonchev–Trinajstić information content (AvgIpc) is 2.47. The molecule has 1 heterocycles. The van der Waals surface area contributed by atoms with Gasteiger partial charge in [-0.25, -0.2) is 4.99 Å². The van der Waals surface area contributed by atoms with Crippen molar-refractivity contribution in [2.24, 2.45) is 0 Å². The Balaban J connectivity index is 2.30. The molecule has 0 aromatic heterocycles. The zero-order valence-electron chi connectivity index (χ0n) is 11.8. The monoisotopic (exact) mass is 282 g/mol. The fraction of sp³-hybridized carbons (Fsp3) is 0.235. The van der Waals surface area contributed by atoms with Crippen molar-refractivity contribution in [1.29, 1.82) is 0 Å². The van der Waals surface area contributed by atoms with Crippen LogP contribution in [-0.4, -0.2) is 24.0 Å². The molecule has 1 atom stereocenters. The number of benzene rings is 2. The van der Waals surface area contributed by atoms with Crippen molar-refractivity contribution >= 4 is 18.2 Å². The van der Waals surface area contributed by atoms with Gasteiger partial charge in [0.25, 0.3) is 0 Å². The van der Waals surface area contributed by atoms with Crippen molar-refractivity contribution in [3.63, 3.8) is 0 Å². The van der Waals surface area contributed by atoms with Crippen LogP contribution < -0.4 is 15.6 Å². The van der Waals surface area contributed by atoms with E-state index in [2.05, 4.69) is 52.4 Å². The first kappa shape index (κ1) is 13.4. The second-order valence-corrected chi connectivity index (χ2v) is 6.05. The Morgan fingerprint density at radius 3 is 2.35 bits per heavy atom. The van der Waals surface area contributed by atoms with Crippen molar-refractivity contribution in [3.05, 3.63) is 70.7 Å². The Hall–Kier alpha value is -1.58. The van der Waals surface area contributed by atoms with Gasteiger partial charge in [0.05, 0.1) is 0 Å². The molecule has 0 amide bonds. The first-order chi connectivity index (χ1) is 9.60. The molecule has 1 aliphatic heterocycles. The van der Waals surface area contributed by atoms with E-state index in [1.165, 1.54) is 16.4 Å². The quantitative estimate of drug-likeness (QED) is 0.765. The molecule has 0 spiro atoms. The number of fused-ring (bicyclic) bond motifs is 1. The van der Waals surface area contributed by atoms with E-state index in [1.54, 1.807) is 0 Å². The first-order valence-corrected chi connectivity index (χ1v) is 7.18. The van der Waals surface area contributed by atoms with Crippen molar-refractivity contribution in [1.82, 2.24) is 4.90 Å². The largest absolute Gasteiger partial charge is 0.695 e. The second kappa shape index (κ2) is 5.08. The molecule has 2 aromatic carbocycles. The van der Waals surface area contributed by atoms with Gasteiger partial charge in [0.15, 0.2) is 0 Å². The fourth-order valence-corrected chi connectivity index (χ4v) is 2.87. The van der Waals surface area contributed by atoms with E-state index in [0.29, 0.717) is 0 Å². The molecule has 2 nitrogen and oxygen atoms in total. The molecule has 3 rings (SSSR count). The topological polar surface area (TPSA) is 17.2 Å². The summed E-state index contributed by atoms with van der Waals surface area (Å²) in [6, 6.07) is 18.9. The van der Waals surface area contributed by atoms with Crippen LogP contribution in [0.4, 0.5) is 0 Å². The lowest BCUT2D eigenvalue weighted by Gasteiger charge is -2.39. The molecule has 0 saturated heterocycles. The molecule has 0 bridgehead atoms. The lowest BCUT2D eigenvalue weighted by atomic mass is 9.96. The number of para-hydroxylation sites is 1. The average molecular weight is 282 g/mol. The van der Waals surface area contributed by atoms with Gasteiger partial charge in [-0.3, -0.25) is 4.90 Å². The van der Waals surface area contributed by atoms with Crippen LogP contribution in [0.15, 0.2) is 54.6 Å². The zero-order chi connectivity index (χ0) is 14.2. The Morgan fingerprint density at radius 1 is 1.00 bits per heavy atom. The van der Waals surface area contributed by atoms with Gasteiger partial charge in [-0.1, -0.05) is 42.5 Å². The highest BCUT2D eigenvalue weighted by atomic mass is 32.1. The molecular weight excluding hydrogens is 264 g/mol. The molecule has 0 radical (unpaired) electrons. The lowest BCUT2D eigenvalue weighted by molar-refractivity contribution is -0.586. The van der Waals surface area contributed by atoms with Gasteiger partial charge in [0.1, 0.15) is 4.99 Å². The van der Waals surface area contributed by atoms with E-state index < -0.39 is 4.99 Å². The second-order valence-electron chi connectivity index (χ2n) is 5.37. The fourth-order valence-electron chi connectivity index (χ4n) is 2.61. The third kappa shape index (κ3) is 2.28. The molecule has 0 saturated carbocycles. The normalized spacial score (nSPS) is 21.5. The maximum Gasteiger partial charge on any atom is 0.205 e. The Morgan fingerprint density at radius 2 is 1.65 bits per heavy atom. The standard InChI is InChI=1S/C17H18N2S/c1-19(2)17(20)12-15(13-8-4-3-5-9-13)14-10-6-7-11-16(14)18-17/h3-11,20H,12H2,1-2H3. The molecule has 0 fully saturated rings. The number of nitrogens with zero attached hydrogens (tertiary/aromatic N) is 1. The zero-order valence-corrected chi connectivity index (χ0v) is 12.6. The van der Waals surface area contributed by atoms with Gasteiger partial charge in [-0.2, -0.15) is 0 Å². The van der Waals surface area contributed by atoms with Crippen LogP contribution in [0.3, 0.4) is 0 Å². The molecule has 1 unspecified atom stereocenters. The van der Waals surface area contributed by atoms with Crippen molar-refractivity contribution < 1.29 is 4.99 Å². The summed E-state index contributed by atoms with van der Waals surface area (Å²) in [6.07, 6.45) is 0.802. The Bertz CT molecular complexity index is 737. The summed E-state index contributed by atoms with van der Waals surface area (Å²) < 4.78 is 0. The summed E-state index contributed by atoms with van der Waals surface area (Å²) in [6.45, 7) is 0. The molecular formula is C17H18N2S. The van der Waals surface area contributed by atoms with Crippen molar-refractivity contribution in [3.8, 4) is 0 Å². The van der Waals surface area contributed by atoms with E-state index in [9.17, 15) is 0 Å². The summed E-state index contributed by atoms with van der Waals surface area (Å²) in [4.78, 5) is 5.09. The number of hydrogen-bond donors (Lipinski definition) is 1. The van der Waals surface area contributed by atoms with Gasteiger partial charge in [0, 0.05) is 17.7 Å². The van der Waals surface area contributed by atoms with Gasteiger partial charge >= 0.3 is 0 Å². The van der Waals surface area contributed by atoms with Gasteiger partial charge in [-0.05, 0) is 31.3 Å². The van der Waals surface area contributed by atoms with Crippen LogP contribution in [0.5, 0.6) is 0 Å². The van der Waals surface area contributed by atoms with Crippen LogP contribution >= 0.6 is 0 Å². The van der Waals surface area contributed by atoms with E-state index in [0.717, 1.165) is 11.8 Å². The van der Waals surface area contributed by atoms with Crippen LogP contribution in [0.1, 0.15) is 12.0 Å². The highest BCUT2D eigenvalue weighted by Gasteiger charge is 2.28. The Labute approximate surface area is 124 Å². The summed E-state index contributed by atoms with van der Waals surface area (Å²) in [5.41, 5.74) is 2.56. The highest BCUT2D eigenvalue weighted by molar-refractivity contribution is 7.60. The summed E-state index contributed by atoms with van der Waals surface area (Å²) in [7, 11) is 4.05. The summed E-state index contributed by atoms with van der Waals surface area (Å²) in [5.74, 6) is 0. The Kier molecular flexibility index (Phi) is 3.40. The van der Waals surface area contributed by atoms with E-state index >= 15 is 0 Å². The lowest BCUT2D eigenvalue weighted by Crippen LogP contribution is -2.96. The molecule has 2 aromatic rings. The third-order valence-electron chi connectivity index (χ3n) is 3.84. The number of hydrogen-bond acceptors (Lipinski definition) is 2. The molecule has 3 heteroatoms. The van der Waals surface area contributed by atoms with Gasteiger partial charge in [-0.15, -0.1) is 0 Å². The van der Waals surface area contributed by atoms with E-state index in [4.69, 9.17) is 12.6 Å². The molecule has 1 aliphatic rings. The minimum absolute atomic E-state index is 0.473. The molecule has 1 N–H and O–H groups in total. The number of nitrogens with one attached hydrogen (secondary N) is 1. The predicted octanol–water partition coefficient (Wildman–Crippen LogP) is -0.248. The SMILES string of the molecule is CN(C)C1([S-])CC(c2ccccc2)=c2ccccc2=[NH+]1. The summed E-state index contributed by atoms with van der Waals surface area (Å²) >= 11 is 5.82. The summed E-state index contributed by atoms with van der Waals surface area (Å²) in [5, 5.41) is 2.36. The van der Waals surface area contributed by atoms with Gasteiger partial charge in [0.2, 0.25) is 5.36 Å². The van der Waals surface area contributed by atoms with Crippen LogP contribution in [0.25, 0.3) is 5.57 Å². The minimum atomic E-state index is -0.473. The highest BCUT2D eigenvalue weighted by Crippen LogP contribution is 2.21. The van der Waals surface area contributed by atoms with E-state index in [-0.39, 0.29) is 0 Å². The molecule has 0 aliphatic carbocycles. The van der Waals surface area contributed by atoms with Crippen LogP contribution in [0.2, 0.25) is 0 Å². The molecule has 20 heavy (non-hydrogen) atoms. The van der Waals surface area contributed by atoms with Crippen LogP contribution in [0, 0.1) is 0 Å². The number of rotatable bonds is 2. The van der Waals surface area contributed by atoms with E-state index in [1.807, 2.05) is 26.2 Å². The first-order valence-electron chi connectivity index (χ1n) is 6.77. The maximum atomic E-state index is 5.82. The third-order valence-corrected chi connectivity index (χ3v) is 4.45. The molecule has 102 valence electrons.